The Balaban J connectivity index is 2.60. The van der Waals surface area contributed by atoms with Crippen LogP contribution in [0.1, 0.15) is 39.1 Å². The Morgan fingerprint density at radius 1 is 1.50 bits per heavy atom. The first-order valence-corrected chi connectivity index (χ1v) is 5.97. The summed E-state index contributed by atoms with van der Waals surface area (Å²) in [5.74, 6) is 1.04. The topological polar surface area (TPSA) is 39.1 Å². The molecular formula is C12H23N3O. The minimum absolute atomic E-state index is 0.183. The molecule has 16 heavy (non-hydrogen) atoms. The fraction of sp³-hybridized carbons (Fsp3) is 0.750. The van der Waals surface area contributed by atoms with Gasteiger partial charge in [-0.05, 0) is 26.8 Å². The number of aromatic nitrogens is 2. The second kappa shape index (κ2) is 6.66. The van der Waals surface area contributed by atoms with Gasteiger partial charge in [-0.3, -0.25) is 0 Å². The Bertz CT molecular complexity index is 296. The van der Waals surface area contributed by atoms with Gasteiger partial charge in [0.1, 0.15) is 5.82 Å². The Morgan fingerprint density at radius 3 is 2.75 bits per heavy atom. The van der Waals surface area contributed by atoms with Crippen LogP contribution in [0.2, 0.25) is 0 Å². The van der Waals surface area contributed by atoms with Crippen LogP contribution < -0.4 is 5.32 Å². The molecule has 0 saturated heterocycles. The molecule has 4 heteroatoms. The molecule has 4 nitrogen and oxygen atoms in total. The van der Waals surface area contributed by atoms with Crippen molar-refractivity contribution in [1.82, 2.24) is 14.9 Å². The van der Waals surface area contributed by atoms with Gasteiger partial charge in [0.05, 0.1) is 18.8 Å². The van der Waals surface area contributed by atoms with E-state index in [2.05, 4.69) is 31.1 Å². The van der Waals surface area contributed by atoms with Crippen molar-refractivity contribution in [3.8, 4) is 0 Å². The lowest BCUT2D eigenvalue weighted by molar-refractivity contribution is 0.0589. The van der Waals surface area contributed by atoms with E-state index < -0.39 is 0 Å². The molecule has 0 aliphatic heterocycles. The number of aryl methyl sites for hydroxylation is 1. The van der Waals surface area contributed by atoms with Crippen molar-refractivity contribution in [2.75, 3.05) is 13.2 Å². The third-order valence-electron chi connectivity index (χ3n) is 2.41. The van der Waals surface area contributed by atoms with E-state index in [1.54, 1.807) is 0 Å². The molecule has 0 aromatic carbocycles. The van der Waals surface area contributed by atoms with Crippen LogP contribution in [0.15, 0.2) is 12.4 Å². The average Bonchev–Trinajstić information content (AvgIpc) is 2.65. The third kappa shape index (κ3) is 3.94. The number of imidazole rings is 1. The van der Waals surface area contributed by atoms with E-state index >= 15 is 0 Å². The van der Waals surface area contributed by atoms with Gasteiger partial charge in [0.25, 0.3) is 0 Å². The van der Waals surface area contributed by atoms with Crippen molar-refractivity contribution in [3.05, 3.63) is 18.2 Å². The molecule has 92 valence electrons. The van der Waals surface area contributed by atoms with E-state index in [1.807, 2.05) is 24.0 Å². The lowest BCUT2D eigenvalue weighted by atomic mass is 10.2. The van der Waals surface area contributed by atoms with Gasteiger partial charge in [0.15, 0.2) is 0 Å². The predicted octanol–water partition coefficient (Wildman–Crippen LogP) is 1.89. The average molecular weight is 225 g/mol. The monoisotopic (exact) mass is 225 g/mol. The molecule has 0 aliphatic carbocycles. The van der Waals surface area contributed by atoms with E-state index in [0.29, 0.717) is 6.61 Å². The highest BCUT2D eigenvalue weighted by Crippen LogP contribution is 2.11. The summed E-state index contributed by atoms with van der Waals surface area (Å²) in [7, 11) is 2.01. The number of nitrogens with one attached hydrogen (secondary N) is 1. The molecule has 0 bridgehead atoms. The molecule has 1 heterocycles. The molecule has 1 N–H and O–H groups in total. The maximum absolute atomic E-state index is 5.66. The van der Waals surface area contributed by atoms with E-state index in [4.69, 9.17) is 4.74 Å². The third-order valence-corrected chi connectivity index (χ3v) is 2.41. The van der Waals surface area contributed by atoms with E-state index in [1.165, 1.54) is 0 Å². The summed E-state index contributed by atoms with van der Waals surface area (Å²) in [6.07, 6.45) is 5.16. The second-order valence-electron chi connectivity index (χ2n) is 4.29. The molecular weight excluding hydrogens is 202 g/mol. The van der Waals surface area contributed by atoms with Crippen molar-refractivity contribution in [2.24, 2.45) is 7.05 Å². The first-order valence-electron chi connectivity index (χ1n) is 5.97. The highest BCUT2D eigenvalue weighted by molar-refractivity contribution is 4.98. The van der Waals surface area contributed by atoms with Crippen molar-refractivity contribution in [3.63, 3.8) is 0 Å². The SMILES string of the molecule is CCCNC(COC(C)C)c1nccn1C. The van der Waals surface area contributed by atoms with Gasteiger partial charge in [-0.15, -0.1) is 0 Å². The zero-order chi connectivity index (χ0) is 12.0. The summed E-state index contributed by atoms with van der Waals surface area (Å²) in [6, 6.07) is 0.183. The van der Waals surface area contributed by atoms with Gasteiger partial charge < -0.3 is 14.6 Å². The van der Waals surface area contributed by atoms with Gasteiger partial charge >= 0.3 is 0 Å². The fourth-order valence-electron chi connectivity index (χ4n) is 1.54. The zero-order valence-corrected chi connectivity index (χ0v) is 10.7. The normalized spacial score (nSPS) is 13.3. The molecule has 0 fully saturated rings. The predicted molar refractivity (Wildman–Crippen MR) is 65.3 cm³/mol. The largest absolute Gasteiger partial charge is 0.377 e. The minimum atomic E-state index is 0.183. The highest BCUT2D eigenvalue weighted by atomic mass is 16.5. The standard InChI is InChI=1S/C12H23N3O/c1-5-6-13-11(9-16-10(2)3)12-14-7-8-15(12)4/h7-8,10-11,13H,5-6,9H2,1-4H3. The minimum Gasteiger partial charge on any atom is -0.377 e. The molecule has 1 rings (SSSR count). The van der Waals surface area contributed by atoms with Gasteiger partial charge in [-0.1, -0.05) is 6.92 Å². The quantitative estimate of drug-likeness (QED) is 0.770. The first-order chi connectivity index (χ1) is 7.65. The lowest BCUT2D eigenvalue weighted by Crippen LogP contribution is -2.29. The van der Waals surface area contributed by atoms with Crippen molar-refractivity contribution in [1.29, 1.82) is 0 Å². The molecule has 1 unspecified atom stereocenters. The Labute approximate surface area is 98.0 Å². The van der Waals surface area contributed by atoms with Crippen LogP contribution in [0.25, 0.3) is 0 Å². The van der Waals surface area contributed by atoms with Crippen LogP contribution in [0, 0.1) is 0 Å². The second-order valence-corrected chi connectivity index (χ2v) is 4.29. The summed E-state index contributed by atoms with van der Waals surface area (Å²) >= 11 is 0. The van der Waals surface area contributed by atoms with Crippen molar-refractivity contribution < 1.29 is 4.74 Å². The fourth-order valence-corrected chi connectivity index (χ4v) is 1.54. The molecule has 0 amide bonds. The number of hydrogen-bond donors (Lipinski definition) is 1. The van der Waals surface area contributed by atoms with Crippen molar-refractivity contribution in [2.45, 2.75) is 39.3 Å². The van der Waals surface area contributed by atoms with Gasteiger partial charge in [0.2, 0.25) is 0 Å². The Kier molecular flexibility index (Phi) is 5.49. The van der Waals surface area contributed by atoms with Crippen LogP contribution in [0.3, 0.4) is 0 Å². The molecule has 0 radical (unpaired) electrons. The molecule has 1 aromatic rings. The summed E-state index contributed by atoms with van der Waals surface area (Å²) in [6.45, 7) is 7.91. The number of hydrogen-bond acceptors (Lipinski definition) is 3. The van der Waals surface area contributed by atoms with Gasteiger partial charge in [-0.25, -0.2) is 4.98 Å². The molecule has 1 aromatic heterocycles. The lowest BCUT2D eigenvalue weighted by Gasteiger charge is -2.19. The molecule has 0 saturated carbocycles. The summed E-state index contributed by atoms with van der Waals surface area (Å²) < 4.78 is 7.70. The summed E-state index contributed by atoms with van der Waals surface area (Å²) in [4.78, 5) is 4.37. The first kappa shape index (κ1) is 13.2. The van der Waals surface area contributed by atoms with Gasteiger partial charge in [-0.2, -0.15) is 0 Å². The van der Waals surface area contributed by atoms with Gasteiger partial charge in [0, 0.05) is 19.4 Å². The van der Waals surface area contributed by atoms with E-state index in [-0.39, 0.29) is 12.1 Å². The molecule has 0 spiro atoms. The smallest absolute Gasteiger partial charge is 0.127 e. The zero-order valence-electron chi connectivity index (χ0n) is 10.7. The number of rotatable bonds is 7. The highest BCUT2D eigenvalue weighted by Gasteiger charge is 2.15. The number of ether oxygens (including phenoxy) is 1. The Morgan fingerprint density at radius 2 is 2.25 bits per heavy atom. The number of nitrogens with zero attached hydrogens (tertiary/aromatic N) is 2. The molecule has 0 aliphatic rings. The Hall–Kier alpha value is -0.870. The van der Waals surface area contributed by atoms with Crippen LogP contribution >= 0.6 is 0 Å². The van der Waals surface area contributed by atoms with Crippen LogP contribution in [0.5, 0.6) is 0 Å². The van der Waals surface area contributed by atoms with Crippen molar-refractivity contribution >= 4 is 0 Å². The van der Waals surface area contributed by atoms with E-state index in [0.717, 1.165) is 18.8 Å². The van der Waals surface area contributed by atoms with Crippen LogP contribution in [-0.2, 0) is 11.8 Å². The van der Waals surface area contributed by atoms with Crippen LogP contribution in [-0.4, -0.2) is 28.8 Å². The molecule has 1 atom stereocenters. The maximum atomic E-state index is 5.66. The summed E-state index contributed by atoms with van der Waals surface area (Å²) in [5.41, 5.74) is 0. The van der Waals surface area contributed by atoms with Crippen LogP contribution in [0.4, 0.5) is 0 Å². The van der Waals surface area contributed by atoms with E-state index in [9.17, 15) is 0 Å². The summed E-state index contributed by atoms with van der Waals surface area (Å²) in [5, 5.41) is 3.46. The maximum Gasteiger partial charge on any atom is 0.127 e.